The van der Waals surface area contributed by atoms with Gasteiger partial charge in [-0.2, -0.15) is 4.31 Å². The molecule has 6 nitrogen and oxygen atoms in total. The lowest BCUT2D eigenvalue weighted by atomic mass is 10.1. The lowest BCUT2D eigenvalue weighted by Gasteiger charge is -2.32. The first-order valence-electron chi connectivity index (χ1n) is 7.02. The fourth-order valence-electron chi connectivity index (χ4n) is 2.51. The maximum Gasteiger partial charge on any atom is 0.324 e. The third kappa shape index (κ3) is 4.01. The van der Waals surface area contributed by atoms with Crippen LogP contribution >= 0.6 is 0 Å². The van der Waals surface area contributed by atoms with Crippen molar-refractivity contribution < 1.29 is 17.9 Å². The van der Waals surface area contributed by atoms with Gasteiger partial charge in [0.05, 0.1) is 12.9 Å². The molecule has 0 radical (unpaired) electrons. The largest absolute Gasteiger partial charge is 0.468 e. The fourth-order valence-corrected chi connectivity index (χ4v) is 4.19. The van der Waals surface area contributed by atoms with Crippen LogP contribution in [0.4, 0.5) is 0 Å². The first-order valence-corrected chi connectivity index (χ1v) is 8.63. The average Bonchev–Trinajstić information content (AvgIpc) is 2.53. The summed E-state index contributed by atoms with van der Waals surface area (Å²) in [4.78, 5) is 15.9. The van der Waals surface area contributed by atoms with Crippen LogP contribution < -0.4 is 0 Å². The maximum absolute atomic E-state index is 12.5. The predicted octanol–water partition coefficient (Wildman–Crippen LogP) is 0.981. The van der Waals surface area contributed by atoms with Crippen LogP contribution in [0.25, 0.3) is 0 Å². The number of carbonyl (C=O) groups is 1. The van der Waals surface area contributed by atoms with E-state index < -0.39 is 22.0 Å². The minimum absolute atomic E-state index is 0.0441. The highest BCUT2D eigenvalue weighted by Crippen LogP contribution is 2.22. The molecule has 1 aromatic rings. The van der Waals surface area contributed by atoms with Crippen molar-refractivity contribution in [1.82, 2.24) is 9.29 Å². The Kier molecular flexibility index (Phi) is 5.30. The predicted molar refractivity (Wildman–Crippen MR) is 78.1 cm³/mol. The molecule has 1 aliphatic heterocycles. The van der Waals surface area contributed by atoms with E-state index in [-0.39, 0.29) is 5.75 Å². The Morgan fingerprint density at radius 2 is 2.24 bits per heavy atom. The number of sulfonamides is 1. The van der Waals surface area contributed by atoms with E-state index in [4.69, 9.17) is 4.74 Å². The van der Waals surface area contributed by atoms with Gasteiger partial charge in [0.15, 0.2) is 0 Å². The summed E-state index contributed by atoms with van der Waals surface area (Å²) in [5, 5.41) is 0. The number of pyridine rings is 1. The normalized spacial score (nSPS) is 20.1. The van der Waals surface area contributed by atoms with Crippen LogP contribution in [-0.2, 0) is 26.0 Å². The van der Waals surface area contributed by atoms with Gasteiger partial charge in [-0.25, -0.2) is 8.42 Å². The molecular formula is C14H20N2O4S. The minimum Gasteiger partial charge on any atom is -0.468 e. The summed E-state index contributed by atoms with van der Waals surface area (Å²) in [6.07, 6.45) is 4.12. The number of aryl methyl sites for hydroxylation is 1. The van der Waals surface area contributed by atoms with Gasteiger partial charge in [-0.15, -0.1) is 0 Å². The van der Waals surface area contributed by atoms with E-state index in [1.54, 1.807) is 18.3 Å². The van der Waals surface area contributed by atoms with E-state index in [2.05, 4.69) is 4.98 Å². The van der Waals surface area contributed by atoms with E-state index in [1.807, 2.05) is 6.07 Å². The number of methoxy groups -OCH3 is 1. The van der Waals surface area contributed by atoms with Crippen LogP contribution in [0.1, 0.15) is 25.0 Å². The maximum atomic E-state index is 12.5. The number of rotatable bonds is 5. The first kappa shape index (κ1) is 15.9. The zero-order chi connectivity index (χ0) is 15.3. The zero-order valence-electron chi connectivity index (χ0n) is 12.1. The number of esters is 1. The number of hydrogen-bond acceptors (Lipinski definition) is 5. The molecule has 116 valence electrons. The summed E-state index contributed by atoms with van der Waals surface area (Å²) in [5.41, 5.74) is 0.729. The molecule has 7 heteroatoms. The van der Waals surface area contributed by atoms with Crippen molar-refractivity contribution in [2.75, 3.05) is 19.4 Å². The topological polar surface area (TPSA) is 76.6 Å². The number of aromatic nitrogens is 1. The third-order valence-corrected chi connectivity index (χ3v) is 5.50. The van der Waals surface area contributed by atoms with Crippen LogP contribution in [0.15, 0.2) is 24.4 Å². The molecule has 0 saturated carbocycles. The van der Waals surface area contributed by atoms with Crippen molar-refractivity contribution in [2.24, 2.45) is 0 Å². The van der Waals surface area contributed by atoms with Crippen LogP contribution in [0.3, 0.4) is 0 Å². The molecule has 1 unspecified atom stereocenters. The summed E-state index contributed by atoms with van der Waals surface area (Å²) >= 11 is 0. The van der Waals surface area contributed by atoms with E-state index >= 15 is 0 Å². The summed E-state index contributed by atoms with van der Waals surface area (Å²) in [5.74, 6) is -0.520. The van der Waals surface area contributed by atoms with E-state index in [0.29, 0.717) is 19.4 Å². The van der Waals surface area contributed by atoms with Crippen LogP contribution in [0, 0.1) is 0 Å². The zero-order valence-corrected chi connectivity index (χ0v) is 12.9. The summed E-state index contributed by atoms with van der Waals surface area (Å²) in [6.45, 7) is 0.379. The number of ether oxygens (including phenoxy) is 1. The van der Waals surface area contributed by atoms with Gasteiger partial charge in [-0.05, 0) is 31.4 Å². The number of nitrogens with zero attached hydrogens (tertiary/aromatic N) is 2. The van der Waals surface area contributed by atoms with Gasteiger partial charge >= 0.3 is 5.97 Å². The molecule has 1 aromatic heterocycles. The Balaban J connectivity index is 2.07. The third-order valence-electron chi connectivity index (χ3n) is 3.63. The molecule has 21 heavy (non-hydrogen) atoms. The molecule has 2 heterocycles. The average molecular weight is 312 g/mol. The smallest absolute Gasteiger partial charge is 0.324 e. The Bertz CT molecular complexity index is 574. The highest BCUT2D eigenvalue weighted by atomic mass is 32.2. The Labute approximate surface area is 125 Å². The molecule has 1 saturated heterocycles. The van der Waals surface area contributed by atoms with Crippen molar-refractivity contribution in [2.45, 2.75) is 31.7 Å². The van der Waals surface area contributed by atoms with Gasteiger partial charge < -0.3 is 4.74 Å². The highest BCUT2D eigenvalue weighted by Gasteiger charge is 2.37. The molecule has 0 aliphatic carbocycles. The van der Waals surface area contributed by atoms with Gasteiger partial charge in [-0.1, -0.05) is 6.07 Å². The van der Waals surface area contributed by atoms with E-state index in [9.17, 15) is 13.2 Å². The molecule has 0 spiro atoms. The van der Waals surface area contributed by atoms with E-state index in [1.165, 1.54) is 11.4 Å². The Morgan fingerprint density at radius 3 is 2.90 bits per heavy atom. The van der Waals surface area contributed by atoms with Crippen molar-refractivity contribution in [3.05, 3.63) is 30.1 Å². The van der Waals surface area contributed by atoms with Gasteiger partial charge in [0.25, 0.3) is 0 Å². The molecule has 1 atom stereocenters. The number of piperidine rings is 1. The standard InChI is InChI=1S/C14H20N2O4S/c1-20-14(17)13-7-3-5-10-16(13)21(18,19)11-8-12-6-2-4-9-15-12/h2,4,6,9,13H,3,5,7-8,10-11H2,1H3. The monoisotopic (exact) mass is 312 g/mol. The van der Waals surface area contributed by atoms with Gasteiger partial charge in [0.2, 0.25) is 10.0 Å². The van der Waals surface area contributed by atoms with Crippen LogP contribution in [0.5, 0.6) is 0 Å². The number of hydrogen-bond donors (Lipinski definition) is 0. The van der Waals surface area contributed by atoms with Crippen molar-refractivity contribution in [3.63, 3.8) is 0 Å². The molecule has 0 amide bonds. The molecule has 0 N–H and O–H groups in total. The van der Waals surface area contributed by atoms with Crippen LogP contribution in [0.2, 0.25) is 0 Å². The first-order chi connectivity index (χ1) is 10.0. The molecule has 2 rings (SSSR count). The number of carbonyl (C=O) groups excluding carboxylic acids is 1. The van der Waals surface area contributed by atoms with Crippen molar-refractivity contribution in [3.8, 4) is 0 Å². The second-order valence-electron chi connectivity index (χ2n) is 5.03. The lowest BCUT2D eigenvalue weighted by molar-refractivity contribution is -0.146. The van der Waals surface area contributed by atoms with Crippen LogP contribution in [-0.4, -0.2) is 49.1 Å². The SMILES string of the molecule is COC(=O)C1CCCCN1S(=O)(=O)CCc1ccccn1. The van der Waals surface area contributed by atoms with Gasteiger partial charge in [0, 0.05) is 24.9 Å². The fraction of sp³-hybridized carbons (Fsp3) is 0.571. The summed E-state index contributed by atoms with van der Waals surface area (Å²) < 4.78 is 31.0. The second kappa shape index (κ2) is 7.00. The second-order valence-corrected chi connectivity index (χ2v) is 7.07. The molecular weight excluding hydrogens is 292 g/mol. The molecule has 0 aromatic carbocycles. The minimum atomic E-state index is -3.49. The molecule has 1 aliphatic rings. The van der Waals surface area contributed by atoms with Gasteiger partial charge in [-0.3, -0.25) is 9.78 Å². The van der Waals surface area contributed by atoms with Crippen molar-refractivity contribution in [1.29, 1.82) is 0 Å². The van der Waals surface area contributed by atoms with Crippen molar-refractivity contribution >= 4 is 16.0 Å². The lowest BCUT2D eigenvalue weighted by Crippen LogP contribution is -2.49. The summed E-state index contributed by atoms with van der Waals surface area (Å²) in [6, 6.07) is 4.73. The molecule has 0 bridgehead atoms. The molecule has 1 fully saturated rings. The highest BCUT2D eigenvalue weighted by molar-refractivity contribution is 7.89. The summed E-state index contributed by atoms with van der Waals surface area (Å²) in [7, 11) is -2.21. The Morgan fingerprint density at radius 1 is 1.43 bits per heavy atom. The van der Waals surface area contributed by atoms with E-state index in [0.717, 1.165) is 18.5 Å². The quantitative estimate of drug-likeness (QED) is 0.758. The Hall–Kier alpha value is -1.47. The van der Waals surface area contributed by atoms with Gasteiger partial charge in [0.1, 0.15) is 6.04 Å².